The van der Waals surface area contributed by atoms with Crippen molar-refractivity contribution in [3.8, 4) is 0 Å². The number of carbonyl (C=O) groups excluding carboxylic acids is 1. The zero-order valence-electron chi connectivity index (χ0n) is 14.3. The third-order valence-electron chi connectivity index (χ3n) is 4.53. The second-order valence-corrected chi connectivity index (χ2v) is 7.04. The van der Waals surface area contributed by atoms with Gasteiger partial charge in [-0.15, -0.1) is 10.2 Å². The van der Waals surface area contributed by atoms with Crippen LogP contribution in [0.3, 0.4) is 0 Å². The summed E-state index contributed by atoms with van der Waals surface area (Å²) in [7, 11) is 0. The lowest BCUT2D eigenvalue weighted by Gasteiger charge is -2.07. The van der Waals surface area contributed by atoms with E-state index in [2.05, 4.69) is 40.1 Å². The summed E-state index contributed by atoms with van der Waals surface area (Å²) in [6.45, 7) is 10.0. The van der Waals surface area contributed by atoms with Gasteiger partial charge in [0.2, 0.25) is 0 Å². The molecule has 0 bridgehead atoms. The smallest absolute Gasteiger partial charge is 0.191 e. The number of thioether (sulfide) groups is 1. The van der Waals surface area contributed by atoms with Crippen LogP contribution in [0.5, 0.6) is 0 Å². The fourth-order valence-electron chi connectivity index (χ4n) is 3.13. The van der Waals surface area contributed by atoms with E-state index in [1.54, 1.807) is 0 Å². The molecule has 0 amide bonds. The molecule has 0 spiro atoms. The van der Waals surface area contributed by atoms with Crippen molar-refractivity contribution >= 4 is 17.5 Å². The van der Waals surface area contributed by atoms with Gasteiger partial charge in [-0.1, -0.05) is 11.8 Å². The molecule has 23 heavy (non-hydrogen) atoms. The summed E-state index contributed by atoms with van der Waals surface area (Å²) in [5, 5.41) is 9.49. The summed E-state index contributed by atoms with van der Waals surface area (Å²) in [6.07, 6.45) is 2.43. The lowest BCUT2D eigenvalue weighted by Crippen LogP contribution is -2.07. The molecule has 0 aromatic carbocycles. The van der Waals surface area contributed by atoms with E-state index in [0.717, 1.165) is 41.0 Å². The number of aryl methyl sites for hydroxylation is 1. The lowest BCUT2D eigenvalue weighted by molar-refractivity contribution is 0.102. The molecule has 0 N–H and O–H groups in total. The van der Waals surface area contributed by atoms with Crippen LogP contribution in [0.15, 0.2) is 11.2 Å². The topological polar surface area (TPSA) is 52.7 Å². The average molecular weight is 332 g/mol. The minimum Gasteiger partial charge on any atom is -0.349 e. The molecule has 5 nitrogen and oxygen atoms in total. The van der Waals surface area contributed by atoms with Crippen molar-refractivity contribution in [3.05, 3.63) is 28.8 Å². The molecule has 2 aromatic heterocycles. The van der Waals surface area contributed by atoms with Crippen molar-refractivity contribution < 1.29 is 4.79 Å². The van der Waals surface area contributed by atoms with Crippen molar-refractivity contribution in [1.82, 2.24) is 19.3 Å². The number of carbonyl (C=O) groups is 1. The molecule has 0 radical (unpaired) electrons. The molecule has 0 atom stereocenters. The monoisotopic (exact) mass is 332 g/mol. The predicted molar refractivity (Wildman–Crippen MR) is 92.3 cm³/mol. The van der Waals surface area contributed by atoms with E-state index < -0.39 is 0 Å². The first-order valence-corrected chi connectivity index (χ1v) is 9.31. The first-order chi connectivity index (χ1) is 11.1. The average Bonchev–Trinajstić information content (AvgIpc) is 3.23. The molecule has 1 aliphatic rings. The fraction of sp³-hybridized carbons (Fsp3) is 0.588. The van der Waals surface area contributed by atoms with Crippen LogP contribution < -0.4 is 0 Å². The van der Waals surface area contributed by atoms with Crippen LogP contribution in [0.4, 0.5) is 0 Å². The summed E-state index contributed by atoms with van der Waals surface area (Å²) in [5.41, 5.74) is 3.04. The van der Waals surface area contributed by atoms with Crippen LogP contribution in [-0.4, -0.2) is 30.9 Å². The highest BCUT2D eigenvalue weighted by molar-refractivity contribution is 7.99. The normalized spacial score (nSPS) is 14.4. The first kappa shape index (κ1) is 16.3. The second kappa shape index (κ2) is 6.51. The molecule has 0 unspecified atom stereocenters. The van der Waals surface area contributed by atoms with Crippen molar-refractivity contribution in [2.45, 2.75) is 64.7 Å². The third-order valence-corrected chi connectivity index (χ3v) is 5.49. The Morgan fingerprint density at radius 3 is 2.48 bits per heavy atom. The van der Waals surface area contributed by atoms with Crippen LogP contribution in [0.1, 0.15) is 60.2 Å². The summed E-state index contributed by atoms with van der Waals surface area (Å²) in [4.78, 5) is 12.6. The van der Waals surface area contributed by atoms with E-state index in [9.17, 15) is 4.79 Å². The lowest BCUT2D eigenvalue weighted by atomic mass is 10.2. The van der Waals surface area contributed by atoms with Gasteiger partial charge in [0.15, 0.2) is 10.9 Å². The maximum absolute atomic E-state index is 12.6. The number of aromatic nitrogens is 4. The molecular weight excluding hydrogens is 308 g/mol. The maximum Gasteiger partial charge on any atom is 0.191 e. The minimum absolute atomic E-state index is 0.168. The molecule has 0 saturated heterocycles. The third kappa shape index (κ3) is 3.09. The van der Waals surface area contributed by atoms with E-state index in [1.807, 2.05) is 13.0 Å². The van der Waals surface area contributed by atoms with Gasteiger partial charge in [-0.25, -0.2) is 0 Å². The molecule has 3 rings (SSSR count). The minimum atomic E-state index is 0.168. The molecule has 124 valence electrons. The number of ketones is 1. The van der Waals surface area contributed by atoms with E-state index >= 15 is 0 Å². The van der Waals surface area contributed by atoms with Crippen molar-refractivity contribution in [3.63, 3.8) is 0 Å². The summed E-state index contributed by atoms with van der Waals surface area (Å²) >= 11 is 1.50. The molecule has 2 aromatic rings. The molecule has 6 heteroatoms. The first-order valence-electron chi connectivity index (χ1n) is 8.32. The van der Waals surface area contributed by atoms with Crippen molar-refractivity contribution in [1.29, 1.82) is 0 Å². The standard InChI is InChI=1S/C17H24N4OS/c1-5-20-11(3)9-14(12(20)4)15(22)10-23-17-19-18-16(13-7-8-13)21(17)6-2/h9,13H,5-8,10H2,1-4H3. The van der Waals surface area contributed by atoms with E-state index in [4.69, 9.17) is 0 Å². The van der Waals surface area contributed by atoms with Gasteiger partial charge >= 0.3 is 0 Å². The Morgan fingerprint density at radius 1 is 1.22 bits per heavy atom. The van der Waals surface area contributed by atoms with Crippen molar-refractivity contribution in [2.24, 2.45) is 0 Å². The zero-order valence-corrected chi connectivity index (χ0v) is 15.1. The fourth-order valence-corrected chi connectivity index (χ4v) is 4.02. The number of rotatable bonds is 7. The van der Waals surface area contributed by atoms with Gasteiger partial charge in [-0.05, 0) is 46.6 Å². The quantitative estimate of drug-likeness (QED) is 0.574. The molecule has 1 saturated carbocycles. The maximum atomic E-state index is 12.6. The molecule has 0 aliphatic heterocycles. The van der Waals surface area contributed by atoms with Crippen LogP contribution in [0.25, 0.3) is 0 Å². The number of hydrogen-bond donors (Lipinski definition) is 0. The highest BCUT2D eigenvalue weighted by atomic mass is 32.2. The number of hydrogen-bond acceptors (Lipinski definition) is 4. The summed E-state index contributed by atoms with van der Waals surface area (Å²) < 4.78 is 4.34. The Hall–Kier alpha value is -1.56. The SMILES string of the molecule is CCn1c(SCC(=O)c2cc(C)n(CC)c2C)nnc1C1CC1. The van der Waals surface area contributed by atoms with Gasteiger partial charge in [0.1, 0.15) is 5.82 Å². The van der Waals surface area contributed by atoms with E-state index in [-0.39, 0.29) is 5.78 Å². The zero-order chi connectivity index (χ0) is 16.6. The van der Waals surface area contributed by atoms with Crippen LogP contribution in [0, 0.1) is 13.8 Å². The molecule has 1 aliphatic carbocycles. The highest BCUT2D eigenvalue weighted by Crippen LogP contribution is 2.40. The van der Waals surface area contributed by atoms with Gasteiger partial charge in [-0.3, -0.25) is 4.79 Å². The summed E-state index contributed by atoms with van der Waals surface area (Å²) in [6, 6.07) is 2.00. The largest absolute Gasteiger partial charge is 0.349 e. The molecule has 2 heterocycles. The van der Waals surface area contributed by atoms with Gasteiger partial charge in [0, 0.05) is 36.0 Å². The summed E-state index contributed by atoms with van der Waals surface area (Å²) in [5.74, 6) is 2.25. The Morgan fingerprint density at radius 2 is 1.91 bits per heavy atom. The Bertz CT molecular complexity index is 727. The van der Waals surface area contributed by atoms with Crippen LogP contribution in [-0.2, 0) is 13.1 Å². The number of nitrogens with zero attached hydrogens (tertiary/aromatic N) is 4. The Balaban J connectivity index is 1.72. The van der Waals surface area contributed by atoms with E-state index in [0.29, 0.717) is 11.7 Å². The predicted octanol–water partition coefficient (Wildman–Crippen LogP) is 3.59. The van der Waals surface area contributed by atoms with Gasteiger partial charge in [0.05, 0.1) is 5.75 Å². The molecule has 1 fully saturated rings. The van der Waals surface area contributed by atoms with Gasteiger partial charge in [0.25, 0.3) is 0 Å². The number of Topliss-reactive ketones (excluding diaryl/α,β-unsaturated/α-hetero) is 1. The Labute approximate surface area is 141 Å². The highest BCUT2D eigenvalue weighted by Gasteiger charge is 2.30. The van der Waals surface area contributed by atoms with Crippen molar-refractivity contribution in [2.75, 3.05) is 5.75 Å². The molecular formula is C17H24N4OS. The van der Waals surface area contributed by atoms with E-state index in [1.165, 1.54) is 24.6 Å². The van der Waals surface area contributed by atoms with Crippen LogP contribution in [0.2, 0.25) is 0 Å². The Kier molecular flexibility index (Phi) is 4.62. The van der Waals surface area contributed by atoms with Gasteiger partial charge in [-0.2, -0.15) is 0 Å². The second-order valence-electron chi connectivity index (χ2n) is 6.10. The van der Waals surface area contributed by atoms with Crippen LogP contribution >= 0.6 is 11.8 Å². The van der Waals surface area contributed by atoms with Gasteiger partial charge < -0.3 is 9.13 Å².